The second-order valence-corrected chi connectivity index (χ2v) is 7.04. The molecule has 0 aliphatic carbocycles. The van der Waals surface area contributed by atoms with Crippen molar-refractivity contribution in [3.8, 4) is 0 Å². The minimum absolute atomic E-state index is 0.00949. The van der Waals surface area contributed by atoms with Crippen LogP contribution >= 0.6 is 27.5 Å². The maximum Gasteiger partial charge on any atom is 0.255 e. The molecule has 4 heteroatoms. The fourth-order valence-corrected chi connectivity index (χ4v) is 2.01. The average molecular weight is 345 g/mol. The van der Waals surface area contributed by atoms with Gasteiger partial charge in [0.05, 0.1) is 0 Å². The molecule has 104 valence electrons. The van der Waals surface area contributed by atoms with Crippen LogP contribution in [0.3, 0.4) is 0 Å². The number of amides is 1. The van der Waals surface area contributed by atoms with Crippen LogP contribution < -0.4 is 0 Å². The molecule has 0 heterocycles. The van der Waals surface area contributed by atoms with Crippen molar-refractivity contribution in [3.05, 3.63) is 48.6 Å². The molecule has 0 spiro atoms. The minimum atomic E-state index is -1.06. The predicted octanol–water partition coefficient (Wildman–Crippen LogP) is 4.19. The van der Waals surface area contributed by atoms with Crippen molar-refractivity contribution in [1.29, 1.82) is 0 Å². The van der Waals surface area contributed by atoms with Crippen molar-refractivity contribution >= 4 is 33.4 Å². The Kier molecular flexibility index (Phi) is 6.08. The first kappa shape index (κ1) is 16.3. The molecule has 0 radical (unpaired) electrons. The van der Waals surface area contributed by atoms with E-state index in [2.05, 4.69) is 22.5 Å². The zero-order valence-electron chi connectivity index (χ0n) is 11.3. The maximum atomic E-state index is 12.5. The zero-order chi connectivity index (χ0) is 14.5. The highest BCUT2D eigenvalue weighted by Crippen LogP contribution is 2.34. The quantitative estimate of drug-likeness (QED) is 0.560. The van der Waals surface area contributed by atoms with Gasteiger partial charge in [0.1, 0.15) is 0 Å². The molecule has 1 amide bonds. The number of alkyl halides is 2. The molecular formula is C15H19BrClNO. The summed E-state index contributed by atoms with van der Waals surface area (Å²) in [4.78, 5) is 14.2. The molecule has 0 aliphatic rings. The van der Waals surface area contributed by atoms with Crippen LogP contribution in [-0.2, 0) is 11.3 Å². The lowest BCUT2D eigenvalue weighted by atomic mass is 10.1. The summed E-state index contributed by atoms with van der Waals surface area (Å²) in [6.07, 6.45) is 1.71. The van der Waals surface area contributed by atoms with Crippen molar-refractivity contribution in [2.45, 2.75) is 24.2 Å². The third-order valence-corrected chi connectivity index (χ3v) is 4.72. The van der Waals surface area contributed by atoms with Gasteiger partial charge in [-0.1, -0.05) is 77.8 Å². The normalized spacial score (nSPS) is 13.9. The zero-order valence-corrected chi connectivity index (χ0v) is 13.6. The van der Waals surface area contributed by atoms with E-state index in [0.29, 0.717) is 13.1 Å². The third-order valence-electron chi connectivity index (χ3n) is 2.86. The van der Waals surface area contributed by atoms with E-state index in [4.69, 9.17) is 11.6 Å². The molecule has 1 aromatic rings. The van der Waals surface area contributed by atoms with Gasteiger partial charge in [-0.25, -0.2) is 0 Å². The van der Waals surface area contributed by atoms with Crippen LogP contribution in [0.4, 0.5) is 0 Å². The van der Waals surface area contributed by atoms with Gasteiger partial charge in [0.2, 0.25) is 0 Å². The van der Waals surface area contributed by atoms with E-state index in [1.54, 1.807) is 11.0 Å². The minimum Gasteiger partial charge on any atom is -0.332 e. The molecule has 0 bridgehead atoms. The van der Waals surface area contributed by atoms with Crippen molar-refractivity contribution in [1.82, 2.24) is 4.90 Å². The summed E-state index contributed by atoms with van der Waals surface area (Å²) in [5.74, 6) is -0.141. The molecule has 0 saturated heterocycles. The summed E-state index contributed by atoms with van der Waals surface area (Å²) < 4.78 is -1.06. The summed E-state index contributed by atoms with van der Waals surface area (Å²) in [6, 6.07) is 9.84. The van der Waals surface area contributed by atoms with Gasteiger partial charge in [-0.3, -0.25) is 4.79 Å². The van der Waals surface area contributed by atoms with E-state index in [-0.39, 0.29) is 11.8 Å². The Hall–Kier alpha value is -0.800. The highest BCUT2D eigenvalue weighted by Gasteiger charge is 2.39. The molecule has 1 rings (SSSR count). The van der Waals surface area contributed by atoms with Gasteiger partial charge in [0, 0.05) is 13.1 Å². The molecule has 0 fully saturated rings. The Labute approximate surface area is 128 Å². The van der Waals surface area contributed by atoms with Gasteiger partial charge in [0.25, 0.3) is 5.91 Å². The fraction of sp³-hybridized carbons (Fsp3) is 0.400. The number of benzene rings is 1. The molecule has 19 heavy (non-hydrogen) atoms. The van der Waals surface area contributed by atoms with Gasteiger partial charge in [-0.05, 0) is 11.5 Å². The average Bonchev–Trinajstić information content (AvgIpc) is 2.38. The van der Waals surface area contributed by atoms with Crippen LogP contribution in [0.25, 0.3) is 0 Å². The summed E-state index contributed by atoms with van der Waals surface area (Å²) in [5, 5.41) is 0. The molecule has 0 N–H and O–H groups in total. The number of carbonyl (C=O) groups excluding carboxylic acids is 1. The van der Waals surface area contributed by atoms with Crippen molar-refractivity contribution in [2.75, 3.05) is 6.54 Å². The van der Waals surface area contributed by atoms with Gasteiger partial charge in [0.15, 0.2) is 3.78 Å². The Morgan fingerprint density at radius 3 is 2.53 bits per heavy atom. The Morgan fingerprint density at radius 1 is 1.47 bits per heavy atom. The molecular weight excluding hydrogens is 326 g/mol. The van der Waals surface area contributed by atoms with E-state index in [0.717, 1.165) is 5.56 Å². The molecule has 2 nitrogen and oxygen atoms in total. The molecule has 0 aliphatic heterocycles. The first-order valence-corrected chi connectivity index (χ1v) is 7.38. The Balaban J connectivity index is 2.89. The standard InChI is InChI=1S/C15H19BrClNO/c1-4-10-18(11-13-8-6-5-7-9-13)14(19)15(16,17)12(2)3/h4-9,12H,1,10-11H2,2-3H3. The second-order valence-electron chi connectivity index (χ2n) is 4.74. The van der Waals surface area contributed by atoms with Crippen LogP contribution in [-0.4, -0.2) is 21.1 Å². The highest BCUT2D eigenvalue weighted by atomic mass is 79.9. The lowest BCUT2D eigenvalue weighted by Gasteiger charge is -2.31. The largest absolute Gasteiger partial charge is 0.332 e. The number of carbonyl (C=O) groups is 1. The molecule has 0 saturated carbocycles. The smallest absolute Gasteiger partial charge is 0.255 e. The van der Waals surface area contributed by atoms with Gasteiger partial charge < -0.3 is 4.90 Å². The van der Waals surface area contributed by atoms with Crippen molar-refractivity contribution in [3.63, 3.8) is 0 Å². The first-order valence-electron chi connectivity index (χ1n) is 6.21. The Bertz CT molecular complexity index is 431. The predicted molar refractivity (Wildman–Crippen MR) is 84.4 cm³/mol. The molecule has 0 aromatic heterocycles. The van der Waals surface area contributed by atoms with Gasteiger partial charge in [-0.2, -0.15) is 0 Å². The van der Waals surface area contributed by atoms with Crippen LogP contribution in [0.2, 0.25) is 0 Å². The SMILES string of the molecule is C=CCN(Cc1ccccc1)C(=O)C(Cl)(Br)C(C)C. The number of hydrogen-bond acceptors (Lipinski definition) is 1. The van der Waals surface area contributed by atoms with E-state index < -0.39 is 3.78 Å². The maximum absolute atomic E-state index is 12.5. The lowest BCUT2D eigenvalue weighted by Crippen LogP contribution is -2.44. The summed E-state index contributed by atoms with van der Waals surface area (Å²) >= 11 is 9.65. The topological polar surface area (TPSA) is 20.3 Å². The third kappa shape index (κ3) is 4.36. The van der Waals surface area contributed by atoms with Crippen LogP contribution in [0.15, 0.2) is 43.0 Å². The fourth-order valence-electron chi connectivity index (χ4n) is 1.64. The number of rotatable bonds is 6. The van der Waals surface area contributed by atoms with E-state index in [1.165, 1.54) is 0 Å². The summed E-state index contributed by atoms with van der Waals surface area (Å²) in [5.41, 5.74) is 1.07. The number of halogens is 2. The second kappa shape index (κ2) is 7.11. The summed E-state index contributed by atoms with van der Waals surface area (Å²) in [7, 11) is 0. The van der Waals surface area contributed by atoms with Crippen molar-refractivity contribution < 1.29 is 4.79 Å². The van der Waals surface area contributed by atoms with Crippen LogP contribution in [0.1, 0.15) is 19.4 Å². The van der Waals surface area contributed by atoms with Crippen molar-refractivity contribution in [2.24, 2.45) is 5.92 Å². The van der Waals surface area contributed by atoms with Gasteiger partial charge in [-0.15, -0.1) is 6.58 Å². The monoisotopic (exact) mass is 343 g/mol. The van der Waals surface area contributed by atoms with Crippen LogP contribution in [0, 0.1) is 5.92 Å². The summed E-state index contributed by atoms with van der Waals surface area (Å²) in [6.45, 7) is 8.52. The van der Waals surface area contributed by atoms with E-state index in [9.17, 15) is 4.79 Å². The van der Waals surface area contributed by atoms with Crippen LogP contribution in [0.5, 0.6) is 0 Å². The highest BCUT2D eigenvalue weighted by molar-refractivity contribution is 9.10. The number of nitrogens with zero attached hydrogens (tertiary/aromatic N) is 1. The molecule has 1 atom stereocenters. The lowest BCUT2D eigenvalue weighted by molar-refractivity contribution is -0.132. The molecule has 1 aromatic carbocycles. The molecule has 1 unspecified atom stereocenters. The first-order chi connectivity index (χ1) is 8.89. The Morgan fingerprint density at radius 2 is 2.05 bits per heavy atom. The van der Waals surface area contributed by atoms with E-state index >= 15 is 0 Å². The number of hydrogen-bond donors (Lipinski definition) is 0. The van der Waals surface area contributed by atoms with Gasteiger partial charge >= 0.3 is 0 Å². The van der Waals surface area contributed by atoms with E-state index in [1.807, 2.05) is 44.2 Å².